The first kappa shape index (κ1) is 17.4. The van der Waals surface area contributed by atoms with Crippen LogP contribution in [0.25, 0.3) is 0 Å². The number of Topliss-reactive ketones (excluding diaryl/α,β-unsaturated/α-hetero) is 1. The number of carbonyl (C=O) groups is 2. The number of hydrogen-bond donors (Lipinski definition) is 0. The Hall–Kier alpha value is -2.04. The van der Waals surface area contributed by atoms with Crippen LogP contribution in [-0.4, -0.2) is 37.4 Å². The lowest BCUT2D eigenvalue weighted by atomic mass is 9.62. The zero-order valence-corrected chi connectivity index (χ0v) is 15.9. The van der Waals surface area contributed by atoms with Crippen molar-refractivity contribution in [1.82, 2.24) is 4.90 Å². The molecular weight excluding hydrogens is 330 g/mol. The summed E-state index contributed by atoms with van der Waals surface area (Å²) in [5, 5.41) is 0. The molecule has 5 heteroatoms. The van der Waals surface area contributed by atoms with Gasteiger partial charge in [0.1, 0.15) is 11.2 Å². The number of rotatable bonds is 2. The van der Waals surface area contributed by atoms with Crippen molar-refractivity contribution in [2.24, 2.45) is 5.41 Å². The molecule has 4 rings (SSSR count). The van der Waals surface area contributed by atoms with Gasteiger partial charge in [-0.15, -0.1) is 0 Å². The van der Waals surface area contributed by atoms with Gasteiger partial charge < -0.3 is 14.4 Å². The lowest BCUT2D eigenvalue weighted by Crippen LogP contribution is -2.63. The summed E-state index contributed by atoms with van der Waals surface area (Å²) in [5.74, 6) is 1.63. The van der Waals surface area contributed by atoms with Crippen LogP contribution in [0.15, 0.2) is 12.1 Å². The molecule has 1 aromatic rings. The SMILES string of the molecule is COc1cc2c(cc1OC)C1(C)CCC3(CCCCC3=O)C(=O)N1CC2. The Labute approximate surface area is 154 Å². The Bertz CT molecular complexity index is 774. The molecule has 0 radical (unpaired) electrons. The first-order valence-electron chi connectivity index (χ1n) is 9.57. The number of benzene rings is 1. The maximum Gasteiger partial charge on any atom is 0.236 e. The van der Waals surface area contributed by atoms with Crippen LogP contribution >= 0.6 is 0 Å². The Morgan fingerprint density at radius 1 is 0.962 bits per heavy atom. The lowest BCUT2D eigenvalue weighted by molar-refractivity contribution is -0.165. The van der Waals surface area contributed by atoms with Gasteiger partial charge in [0.05, 0.1) is 19.8 Å². The molecule has 1 saturated heterocycles. The molecule has 1 aromatic carbocycles. The summed E-state index contributed by atoms with van der Waals surface area (Å²) >= 11 is 0. The van der Waals surface area contributed by atoms with Crippen molar-refractivity contribution in [2.45, 2.75) is 57.4 Å². The molecular formula is C21H27NO4. The van der Waals surface area contributed by atoms with Gasteiger partial charge in [-0.25, -0.2) is 0 Å². The highest BCUT2D eigenvalue weighted by Gasteiger charge is 2.57. The zero-order chi connectivity index (χ0) is 18.5. The van der Waals surface area contributed by atoms with Crippen molar-refractivity contribution in [3.63, 3.8) is 0 Å². The van der Waals surface area contributed by atoms with Gasteiger partial charge in [-0.05, 0) is 62.3 Å². The van der Waals surface area contributed by atoms with Gasteiger partial charge in [-0.2, -0.15) is 0 Å². The lowest BCUT2D eigenvalue weighted by Gasteiger charge is -2.55. The maximum absolute atomic E-state index is 13.5. The molecule has 1 saturated carbocycles. The molecule has 2 unspecified atom stereocenters. The molecule has 0 bridgehead atoms. The Morgan fingerprint density at radius 2 is 1.69 bits per heavy atom. The summed E-state index contributed by atoms with van der Waals surface area (Å²) < 4.78 is 10.9. The predicted molar refractivity (Wildman–Crippen MR) is 97.5 cm³/mol. The molecule has 2 aliphatic heterocycles. The molecule has 1 spiro atoms. The number of hydrogen-bond acceptors (Lipinski definition) is 4. The molecule has 1 aliphatic carbocycles. The molecule has 0 N–H and O–H groups in total. The third-order valence-corrected chi connectivity index (χ3v) is 6.87. The van der Waals surface area contributed by atoms with E-state index in [-0.39, 0.29) is 17.2 Å². The standard InChI is InChI=1S/C21H27NO4/c1-20-9-10-21(8-5-4-6-18(21)23)19(24)22(20)11-7-14-12-16(25-2)17(26-3)13-15(14)20/h12-13H,4-11H2,1-3H3. The first-order chi connectivity index (χ1) is 12.5. The van der Waals surface area contributed by atoms with E-state index in [9.17, 15) is 9.59 Å². The van der Waals surface area contributed by atoms with Gasteiger partial charge in [0.15, 0.2) is 11.5 Å². The average molecular weight is 357 g/mol. The number of nitrogens with zero attached hydrogens (tertiary/aromatic N) is 1. The van der Waals surface area contributed by atoms with E-state index in [1.165, 1.54) is 5.56 Å². The van der Waals surface area contributed by atoms with Crippen molar-refractivity contribution in [3.8, 4) is 11.5 Å². The second-order valence-corrected chi connectivity index (χ2v) is 8.06. The van der Waals surface area contributed by atoms with Crippen molar-refractivity contribution in [1.29, 1.82) is 0 Å². The van der Waals surface area contributed by atoms with E-state index in [0.717, 1.165) is 43.4 Å². The molecule has 2 fully saturated rings. The first-order valence-corrected chi connectivity index (χ1v) is 9.57. The molecule has 0 aromatic heterocycles. The number of carbonyl (C=O) groups excluding carboxylic acids is 2. The third kappa shape index (κ3) is 2.22. The minimum Gasteiger partial charge on any atom is -0.493 e. The molecule has 3 aliphatic rings. The van der Waals surface area contributed by atoms with Gasteiger partial charge >= 0.3 is 0 Å². The van der Waals surface area contributed by atoms with Gasteiger partial charge in [0.2, 0.25) is 5.91 Å². The fourth-order valence-electron chi connectivity index (χ4n) is 5.25. The highest BCUT2D eigenvalue weighted by atomic mass is 16.5. The summed E-state index contributed by atoms with van der Waals surface area (Å²) in [7, 11) is 3.28. The number of amides is 1. The van der Waals surface area contributed by atoms with Crippen LogP contribution in [0, 0.1) is 5.41 Å². The minimum atomic E-state index is -0.758. The van der Waals surface area contributed by atoms with Gasteiger partial charge in [-0.1, -0.05) is 6.42 Å². The van der Waals surface area contributed by atoms with E-state index < -0.39 is 5.41 Å². The monoisotopic (exact) mass is 357 g/mol. The third-order valence-electron chi connectivity index (χ3n) is 6.87. The molecule has 26 heavy (non-hydrogen) atoms. The Balaban J connectivity index is 1.77. The van der Waals surface area contributed by atoms with Crippen molar-refractivity contribution < 1.29 is 19.1 Å². The van der Waals surface area contributed by atoms with Crippen LogP contribution in [-0.2, 0) is 21.5 Å². The Morgan fingerprint density at radius 3 is 2.38 bits per heavy atom. The van der Waals surface area contributed by atoms with Crippen LogP contribution in [0.3, 0.4) is 0 Å². The van der Waals surface area contributed by atoms with Crippen molar-refractivity contribution in [3.05, 3.63) is 23.3 Å². The van der Waals surface area contributed by atoms with Crippen LogP contribution in [0.4, 0.5) is 0 Å². The second-order valence-electron chi connectivity index (χ2n) is 8.06. The molecule has 140 valence electrons. The second kappa shape index (κ2) is 6.00. The normalized spacial score (nSPS) is 30.8. The summed E-state index contributed by atoms with van der Waals surface area (Å²) in [4.78, 5) is 28.2. The van der Waals surface area contributed by atoms with Crippen molar-refractivity contribution in [2.75, 3.05) is 20.8 Å². The van der Waals surface area contributed by atoms with E-state index in [0.29, 0.717) is 25.1 Å². The van der Waals surface area contributed by atoms with E-state index in [2.05, 4.69) is 6.92 Å². The van der Waals surface area contributed by atoms with Crippen LogP contribution in [0.5, 0.6) is 11.5 Å². The smallest absolute Gasteiger partial charge is 0.236 e. The number of fused-ring (bicyclic) bond motifs is 3. The van der Waals surface area contributed by atoms with Gasteiger partial charge in [0, 0.05) is 13.0 Å². The van der Waals surface area contributed by atoms with E-state index in [1.54, 1.807) is 14.2 Å². The largest absolute Gasteiger partial charge is 0.493 e. The Kier molecular flexibility index (Phi) is 4.01. The van der Waals surface area contributed by atoms with Gasteiger partial charge in [-0.3, -0.25) is 9.59 Å². The number of methoxy groups -OCH3 is 2. The number of ether oxygens (including phenoxy) is 2. The number of piperidine rings is 1. The maximum atomic E-state index is 13.5. The van der Waals surface area contributed by atoms with E-state index in [1.807, 2.05) is 17.0 Å². The zero-order valence-electron chi connectivity index (χ0n) is 15.9. The predicted octanol–water partition coefficient (Wildman–Crippen LogP) is 3.23. The summed E-state index contributed by atoms with van der Waals surface area (Å²) in [6, 6.07) is 4.06. The molecule has 1 amide bonds. The van der Waals surface area contributed by atoms with Gasteiger partial charge in [0.25, 0.3) is 0 Å². The number of ketones is 1. The van der Waals surface area contributed by atoms with E-state index in [4.69, 9.17) is 9.47 Å². The minimum absolute atomic E-state index is 0.0522. The van der Waals surface area contributed by atoms with Crippen LogP contribution in [0.1, 0.15) is 56.6 Å². The molecule has 2 heterocycles. The highest BCUT2D eigenvalue weighted by molar-refractivity contribution is 6.07. The fourth-order valence-corrected chi connectivity index (χ4v) is 5.25. The molecule has 2 atom stereocenters. The van der Waals surface area contributed by atoms with Crippen LogP contribution in [0.2, 0.25) is 0 Å². The summed E-state index contributed by atoms with van der Waals surface area (Å²) in [5.41, 5.74) is 1.20. The quantitative estimate of drug-likeness (QED) is 0.763. The van der Waals surface area contributed by atoms with Crippen molar-refractivity contribution >= 4 is 11.7 Å². The molecule has 5 nitrogen and oxygen atoms in total. The fraction of sp³-hybridized carbons (Fsp3) is 0.619. The summed E-state index contributed by atoms with van der Waals surface area (Å²) in [6.45, 7) is 2.79. The van der Waals surface area contributed by atoms with Crippen LogP contribution < -0.4 is 9.47 Å². The average Bonchev–Trinajstić information content (AvgIpc) is 2.66. The van der Waals surface area contributed by atoms with E-state index >= 15 is 0 Å². The highest BCUT2D eigenvalue weighted by Crippen LogP contribution is 2.52. The topological polar surface area (TPSA) is 55.8 Å². The summed E-state index contributed by atoms with van der Waals surface area (Å²) in [6.07, 6.45) is 5.42.